The van der Waals surface area contributed by atoms with Gasteiger partial charge in [-0.1, -0.05) is 22.0 Å². The predicted octanol–water partition coefficient (Wildman–Crippen LogP) is 2.38. The van der Waals surface area contributed by atoms with Gasteiger partial charge in [0.15, 0.2) is 0 Å². The summed E-state index contributed by atoms with van der Waals surface area (Å²) in [5.74, 6) is 0. The Bertz CT molecular complexity index is 503. The SMILES string of the molecule is Cc1ccc(S(=O)(=O)NCCCOCCBr)cc1C. The fourth-order valence-electron chi connectivity index (χ4n) is 1.50. The summed E-state index contributed by atoms with van der Waals surface area (Å²) >= 11 is 3.26. The normalized spacial score (nSPS) is 11.7. The minimum Gasteiger partial charge on any atom is -0.381 e. The van der Waals surface area contributed by atoms with Crippen molar-refractivity contribution in [2.24, 2.45) is 0 Å². The molecule has 0 unspecified atom stereocenters. The second-order valence-corrected chi connectivity index (χ2v) is 6.86. The van der Waals surface area contributed by atoms with Gasteiger partial charge in [-0.15, -0.1) is 0 Å². The molecule has 0 fully saturated rings. The fourth-order valence-corrected chi connectivity index (χ4v) is 2.89. The molecule has 1 N–H and O–H groups in total. The van der Waals surface area contributed by atoms with E-state index in [1.807, 2.05) is 19.9 Å². The largest absolute Gasteiger partial charge is 0.381 e. The number of nitrogens with one attached hydrogen (secondary N) is 1. The highest BCUT2D eigenvalue weighted by molar-refractivity contribution is 9.09. The molecule has 0 aromatic heterocycles. The molecule has 0 atom stereocenters. The molecule has 1 aromatic rings. The average molecular weight is 350 g/mol. The first-order valence-corrected chi connectivity index (χ1v) is 8.78. The van der Waals surface area contributed by atoms with Crippen LogP contribution in [0.25, 0.3) is 0 Å². The number of hydrogen-bond acceptors (Lipinski definition) is 3. The van der Waals surface area contributed by atoms with Crippen molar-refractivity contribution in [2.75, 3.05) is 25.1 Å². The van der Waals surface area contributed by atoms with Gasteiger partial charge in [-0.2, -0.15) is 0 Å². The van der Waals surface area contributed by atoms with Crippen LogP contribution in [0.15, 0.2) is 23.1 Å². The van der Waals surface area contributed by atoms with E-state index in [9.17, 15) is 8.42 Å². The zero-order valence-electron chi connectivity index (χ0n) is 11.3. The summed E-state index contributed by atoms with van der Waals surface area (Å²) in [6.45, 7) is 5.45. The highest BCUT2D eigenvalue weighted by atomic mass is 79.9. The number of aryl methyl sites for hydroxylation is 2. The molecule has 19 heavy (non-hydrogen) atoms. The maximum atomic E-state index is 12.0. The van der Waals surface area contributed by atoms with Crippen LogP contribution >= 0.6 is 15.9 Å². The summed E-state index contributed by atoms with van der Waals surface area (Å²) < 4.78 is 31.9. The third-order valence-electron chi connectivity index (χ3n) is 2.77. The van der Waals surface area contributed by atoms with Gasteiger partial charge in [0.05, 0.1) is 11.5 Å². The Morgan fingerprint density at radius 3 is 2.58 bits per heavy atom. The van der Waals surface area contributed by atoms with Crippen molar-refractivity contribution in [3.05, 3.63) is 29.3 Å². The monoisotopic (exact) mass is 349 g/mol. The van der Waals surface area contributed by atoms with Crippen LogP contribution in [-0.4, -0.2) is 33.5 Å². The predicted molar refractivity (Wildman–Crippen MR) is 80.3 cm³/mol. The molecule has 0 spiro atoms. The lowest BCUT2D eigenvalue weighted by Gasteiger charge is -2.08. The van der Waals surface area contributed by atoms with E-state index in [0.29, 0.717) is 31.1 Å². The van der Waals surface area contributed by atoms with Gasteiger partial charge in [-0.05, 0) is 43.5 Å². The topological polar surface area (TPSA) is 55.4 Å². The Hall–Kier alpha value is -0.430. The third kappa shape index (κ3) is 5.60. The van der Waals surface area contributed by atoms with E-state index in [2.05, 4.69) is 20.7 Å². The number of hydrogen-bond donors (Lipinski definition) is 1. The van der Waals surface area contributed by atoms with Gasteiger partial charge in [0.2, 0.25) is 10.0 Å². The van der Waals surface area contributed by atoms with E-state index in [1.165, 1.54) is 0 Å². The van der Waals surface area contributed by atoms with Crippen molar-refractivity contribution in [1.29, 1.82) is 0 Å². The van der Waals surface area contributed by atoms with E-state index in [4.69, 9.17) is 4.74 Å². The first-order chi connectivity index (χ1) is 8.97. The van der Waals surface area contributed by atoms with Crippen LogP contribution in [-0.2, 0) is 14.8 Å². The number of halogens is 1. The molecule has 0 aliphatic carbocycles. The Kier molecular flexibility index (Phi) is 6.99. The lowest BCUT2D eigenvalue weighted by atomic mass is 10.1. The molecule has 0 amide bonds. The van der Waals surface area contributed by atoms with Crippen LogP contribution in [0.3, 0.4) is 0 Å². The van der Waals surface area contributed by atoms with Crippen molar-refractivity contribution in [2.45, 2.75) is 25.2 Å². The molecule has 108 valence electrons. The second-order valence-electron chi connectivity index (χ2n) is 4.30. The van der Waals surface area contributed by atoms with Crippen molar-refractivity contribution in [1.82, 2.24) is 4.72 Å². The van der Waals surface area contributed by atoms with E-state index in [1.54, 1.807) is 12.1 Å². The first-order valence-electron chi connectivity index (χ1n) is 6.18. The lowest BCUT2D eigenvalue weighted by molar-refractivity contribution is 0.149. The molecular weight excluding hydrogens is 330 g/mol. The third-order valence-corrected chi connectivity index (χ3v) is 4.55. The molecule has 1 aromatic carbocycles. The van der Waals surface area contributed by atoms with E-state index in [0.717, 1.165) is 16.5 Å². The van der Waals surface area contributed by atoms with Crippen LogP contribution in [0.5, 0.6) is 0 Å². The Morgan fingerprint density at radius 2 is 1.95 bits per heavy atom. The van der Waals surface area contributed by atoms with Gasteiger partial charge < -0.3 is 4.74 Å². The molecule has 0 saturated heterocycles. The maximum absolute atomic E-state index is 12.0. The summed E-state index contributed by atoms with van der Waals surface area (Å²) in [7, 11) is -3.41. The summed E-state index contributed by atoms with van der Waals surface area (Å²) in [4.78, 5) is 0.317. The summed E-state index contributed by atoms with van der Waals surface area (Å²) in [6, 6.07) is 5.15. The Balaban J connectivity index is 2.49. The highest BCUT2D eigenvalue weighted by Gasteiger charge is 2.13. The molecule has 0 radical (unpaired) electrons. The number of benzene rings is 1. The van der Waals surface area contributed by atoms with Crippen molar-refractivity contribution < 1.29 is 13.2 Å². The van der Waals surface area contributed by atoms with Crippen molar-refractivity contribution in [3.63, 3.8) is 0 Å². The molecule has 0 aliphatic heterocycles. The maximum Gasteiger partial charge on any atom is 0.240 e. The molecule has 0 saturated carbocycles. The summed E-state index contributed by atoms with van der Waals surface area (Å²) in [6.07, 6.45) is 0.664. The van der Waals surface area contributed by atoms with Crippen LogP contribution in [0.4, 0.5) is 0 Å². The number of sulfonamides is 1. The van der Waals surface area contributed by atoms with Crippen molar-refractivity contribution >= 4 is 26.0 Å². The van der Waals surface area contributed by atoms with Crippen molar-refractivity contribution in [3.8, 4) is 0 Å². The van der Waals surface area contributed by atoms with Gasteiger partial charge in [0, 0.05) is 18.5 Å². The first kappa shape index (κ1) is 16.6. The molecule has 4 nitrogen and oxygen atoms in total. The van der Waals surface area contributed by atoms with Gasteiger partial charge >= 0.3 is 0 Å². The van der Waals surface area contributed by atoms with E-state index in [-0.39, 0.29) is 0 Å². The Morgan fingerprint density at radius 1 is 1.21 bits per heavy atom. The molecule has 1 rings (SSSR count). The van der Waals surface area contributed by atoms with E-state index < -0.39 is 10.0 Å². The van der Waals surface area contributed by atoms with Gasteiger partial charge in [0.1, 0.15) is 0 Å². The van der Waals surface area contributed by atoms with Gasteiger partial charge in [-0.25, -0.2) is 13.1 Å². The molecule has 0 bridgehead atoms. The highest BCUT2D eigenvalue weighted by Crippen LogP contribution is 2.14. The molecule has 6 heteroatoms. The van der Waals surface area contributed by atoms with Crippen LogP contribution in [0.2, 0.25) is 0 Å². The fraction of sp³-hybridized carbons (Fsp3) is 0.538. The standard InChI is InChI=1S/C13H20BrNO3S/c1-11-4-5-13(10-12(11)2)19(16,17)15-7-3-8-18-9-6-14/h4-5,10,15H,3,6-9H2,1-2H3. The number of alkyl halides is 1. The average Bonchev–Trinajstić information content (AvgIpc) is 2.36. The zero-order chi connectivity index (χ0) is 14.3. The minimum absolute atomic E-state index is 0.317. The summed E-state index contributed by atoms with van der Waals surface area (Å²) in [5.41, 5.74) is 2.06. The molecular formula is C13H20BrNO3S. The Labute approximate surface area is 123 Å². The number of ether oxygens (including phenoxy) is 1. The van der Waals surface area contributed by atoms with E-state index >= 15 is 0 Å². The van der Waals surface area contributed by atoms with Crippen LogP contribution in [0.1, 0.15) is 17.5 Å². The second kappa shape index (κ2) is 7.99. The van der Waals surface area contributed by atoms with Crippen LogP contribution in [0, 0.1) is 13.8 Å². The molecule has 0 heterocycles. The zero-order valence-corrected chi connectivity index (χ0v) is 13.7. The minimum atomic E-state index is -3.41. The smallest absolute Gasteiger partial charge is 0.240 e. The quantitative estimate of drug-likeness (QED) is 0.579. The van der Waals surface area contributed by atoms with Crippen LogP contribution < -0.4 is 4.72 Å². The number of rotatable bonds is 8. The summed E-state index contributed by atoms with van der Waals surface area (Å²) in [5, 5.41) is 0.793. The van der Waals surface area contributed by atoms with Gasteiger partial charge in [-0.3, -0.25) is 0 Å². The van der Waals surface area contributed by atoms with Gasteiger partial charge in [0.25, 0.3) is 0 Å². The molecule has 0 aliphatic rings. The lowest BCUT2D eigenvalue weighted by Crippen LogP contribution is -2.25.